The van der Waals surface area contributed by atoms with Crippen LogP contribution in [0.3, 0.4) is 0 Å². The molecule has 96 valence electrons. The summed E-state index contributed by atoms with van der Waals surface area (Å²) in [6.45, 7) is 5.55. The number of thioether (sulfide) groups is 1. The molecule has 2 heteroatoms. The van der Waals surface area contributed by atoms with Gasteiger partial charge in [-0.1, -0.05) is 38.5 Å². The van der Waals surface area contributed by atoms with Gasteiger partial charge in [0.1, 0.15) is 0 Å². The van der Waals surface area contributed by atoms with Crippen molar-refractivity contribution >= 4 is 11.8 Å². The lowest BCUT2D eigenvalue weighted by Gasteiger charge is -2.15. The highest BCUT2D eigenvalue weighted by Gasteiger charge is 2.03. The predicted molar refractivity (Wildman–Crippen MR) is 78.8 cm³/mol. The second-order valence-corrected chi connectivity index (χ2v) is 5.49. The molecule has 0 aromatic heterocycles. The van der Waals surface area contributed by atoms with Crippen molar-refractivity contribution in [3.05, 3.63) is 30.3 Å². The Balaban J connectivity index is 2.04. The van der Waals surface area contributed by atoms with Gasteiger partial charge in [0.15, 0.2) is 0 Å². The van der Waals surface area contributed by atoms with E-state index in [4.69, 9.17) is 0 Å². The molecule has 1 atom stereocenters. The van der Waals surface area contributed by atoms with Gasteiger partial charge in [-0.15, -0.1) is 11.8 Å². The van der Waals surface area contributed by atoms with Gasteiger partial charge in [-0.25, -0.2) is 0 Å². The molecule has 0 saturated carbocycles. The van der Waals surface area contributed by atoms with Gasteiger partial charge in [0.2, 0.25) is 0 Å². The van der Waals surface area contributed by atoms with Crippen molar-refractivity contribution in [2.45, 2.75) is 50.5 Å². The highest BCUT2D eigenvalue weighted by Crippen LogP contribution is 2.19. The minimum absolute atomic E-state index is 0.724. The van der Waals surface area contributed by atoms with Crippen molar-refractivity contribution in [1.29, 1.82) is 0 Å². The summed E-state index contributed by atoms with van der Waals surface area (Å²) in [5, 5.41) is 3.53. The second kappa shape index (κ2) is 9.55. The molecule has 0 bridgehead atoms. The third-order valence-electron chi connectivity index (χ3n) is 2.94. The Hall–Kier alpha value is -0.470. The van der Waals surface area contributed by atoms with Crippen molar-refractivity contribution in [1.82, 2.24) is 5.32 Å². The lowest BCUT2D eigenvalue weighted by atomic mass is 10.1. The average molecular weight is 251 g/mol. The van der Waals surface area contributed by atoms with Crippen LogP contribution in [0.25, 0.3) is 0 Å². The van der Waals surface area contributed by atoms with E-state index in [-0.39, 0.29) is 0 Å². The topological polar surface area (TPSA) is 12.0 Å². The van der Waals surface area contributed by atoms with Crippen molar-refractivity contribution in [3.8, 4) is 0 Å². The zero-order chi connectivity index (χ0) is 12.3. The predicted octanol–water partition coefficient (Wildman–Crippen LogP) is 4.34. The number of hydrogen-bond donors (Lipinski definition) is 1. The minimum Gasteiger partial charge on any atom is -0.314 e. The maximum absolute atomic E-state index is 3.53. The Morgan fingerprint density at radius 3 is 2.53 bits per heavy atom. The summed E-state index contributed by atoms with van der Waals surface area (Å²) in [6, 6.07) is 11.4. The van der Waals surface area contributed by atoms with Crippen LogP contribution in [0, 0.1) is 0 Å². The number of benzene rings is 1. The molecule has 0 aliphatic heterocycles. The van der Waals surface area contributed by atoms with Crippen LogP contribution in [0.1, 0.15) is 39.5 Å². The molecule has 1 N–H and O–H groups in total. The van der Waals surface area contributed by atoms with Crippen molar-refractivity contribution < 1.29 is 0 Å². The van der Waals surface area contributed by atoms with Gasteiger partial charge < -0.3 is 5.32 Å². The molecule has 0 amide bonds. The first-order chi connectivity index (χ1) is 8.36. The van der Waals surface area contributed by atoms with Crippen molar-refractivity contribution in [3.63, 3.8) is 0 Å². The van der Waals surface area contributed by atoms with Crippen LogP contribution in [0.2, 0.25) is 0 Å². The number of nitrogens with one attached hydrogen (secondary N) is 1. The van der Waals surface area contributed by atoms with E-state index in [1.165, 1.54) is 36.3 Å². The summed E-state index contributed by atoms with van der Waals surface area (Å²) in [4.78, 5) is 1.39. The lowest BCUT2D eigenvalue weighted by Crippen LogP contribution is -2.27. The van der Waals surface area contributed by atoms with Gasteiger partial charge in [0.25, 0.3) is 0 Å². The third kappa shape index (κ3) is 6.75. The van der Waals surface area contributed by atoms with E-state index in [2.05, 4.69) is 49.5 Å². The summed E-state index contributed by atoms with van der Waals surface area (Å²) in [7, 11) is 0. The van der Waals surface area contributed by atoms with Crippen LogP contribution in [-0.4, -0.2) is 18.3 Å². The molecule has 0 radical (unpaired) electrons. The largest absolute Gasteiger partial charge is 0.314 e. The van der Waals surface area contributed by atoms with E-state index in [1.54, 1.807) is 0 Å². The molecule has 1 nitrogen and oxygen atoms in total. The second-order valence-electron chi connectivity index (χ2n) is 4.32. The molecule has 1 aromatic carbocycles. The van der Waals surface area contributed by atoms with Crippen LogP contribution in [0.15, 0.2) is 35.2 Å². The van der Waals surface area contributed by atoms with Crippen LogP contribution >= 0.6 is 11.8 Å². The molecule has 0 aliphatic rings. The minimum atomic E-state index is 0.724. The monoisotopic (exact) mass is 251 g/mol. The Bertz CT molecular complexity index is 274. The zero-order valence-corrected chi connectivity index (χ0v) is 11.9. The van der Waals surface area contributed by atoms with Crippen LogP contribution in [0.4, 0.5) is 0 Å². The molecule has 0 heterocycles. The Morgan fingerprint density at radius 1 is 1.12 bits per heavy atom. The molecule has 1 aromatic rings. The fourth-order valence-electron chi connectivity index (χ4n) is 1.94. The van der Waals surface area contributed by atoms with Gasteiger partial charge in [0, 0.05) is 10.9 Å². The molecule has 1 rings (SSSR count). The van der Waals surface area contributed by atoms with E-state index in [1.807, 2.05) is 11.8 Å². The Kier molecular flexibility index (Phi) is 8.20. The van der Waals surface area contributed by atoms with Gasteiger partial charge in [-0.3, -0.25) is 0 Å². The molecular weight excluding hydrogens is 226 g/mol. The van der Waals surface area contributed by atoms with Crippen molar-refractivity contribution in [2.24, 2.45) is 0 Å². The SMILES string of the molecule is CCNC(CC)CCCCSc1ccccc1. The van der Waals surface area contributed by atoms with Gasteiger partial charge in [-0.05, 0) is 43.7 Å². The van der Waals surface area contributed by atoms with E-state index in [0.717, 1.165) is 12.6 Å². The first-order valence-electron chi connectivity index (χ1n) is 6.78. The maximum atomic E-state index is 3.53. The highest BCUT2D eigenvalue weighted by molar-refractivity contribution is 7.99. The molecule has 1 unspecified atom stereocenters. The quantitative estimate of drug-likeness (QED) is 0.517. The molecule has 17 heavy (non-hydrogen) atoms. The van der Waals surface area contributed by atoms with Gasteiger partial charge in [0.05, 0.1) is 0 Å². The standard InChI is InChI=1S/C15H25NS/c1-3-14(16-4-2)10-8-9-13-17-15-11-6-5-7-12-15/h5-7,11-12,14,16H,3-4,8-10,13H2,1-2H3. The lowest BCUT2D eigenvalue weighted by molar-refractivity contribution is 0.465. The van der Waals surface area contributed by atoms with E-state index in [9.17, 15) is 0 Å². The van der Waals surface area contributed by atoms with Gasteiger partial charge >= 0.3 is 0 Å². The number of rotatable bonds is 9. The normalized spacial score (nSPS) is 12.6. The smallest absolute Gasteiger partial charge is 0.00719 e. The summed E-state index contributed by atoms with van der Waals surface area (Å²) >= 11 is 1.97. The first-order valence-corrected chi connectivity index (χ1v) is 7.76. The zero-order valence-electron chi connectivity index (χ0n) is 11.1. The molecule has 0 fully saturated rings. The molecule has 0 aliphatic carbocycles. The summed E-state index contributed by atoms with van der Waals surface area (Å²) in [6.07, 6.45) is 5.23. The highest BCUT2D eigenvalue weighted by atomic mass is 32.2. The summed E-state index contributed by atoms with van der Waals surface area (Å²) in [5.74, 6) is 1.24. The number of unbranched alkanes of at least 4 members (excludes halogenated alkanes) is 1. The van der Waals surface area contributed by atoms with Gasteiger partial charge in [-0.2, -0.15) is 0 Å². The fourth-order valence-corrected chi connectivity index (χ4v) is 2.87. The fraction of sp³-hybridized carbons (Fsp3) is 0.600. The van der Waals surface area contributed by atoms with Crippen molar-refractivity contribution in [2.75, 3.05) is 12.3 Å². The Labute approximate surface area is 110 Å². The third-order valence-corrected chi connectivity index (χ3v) is 4.04. The van der Waals surface area contributed by atoms with Crippen LogP contribution in [-0.2, 0) is 0 Å². The van der Waals surface area contributed by atoms with E-state index < -0.39 is 0 Å². The van der Waals surface area contributed by atoms with Crippen LogP contribution in [0.5, 0.6) is 0 Å². The van der Waals surface area contributed by atoms with Crippen LogP contribution < -0.4 is 5.32 Å². The van der Waals surface area contributed by atoms with E-state index in [0.29, 0.717) is 0 Å². The summed E-state index contributed by atoms with van der Waals surface area (Å²) < 4.78 is 0. The first kappa shape index (κ1) is 14.6. The summed E-state index contributed by atoms with van der Waals surface area (Å²) in [5.41, 5.74) is 0. The Morgan fingerprint density at radius 2 is 1.88 bits per heavy atom. The molecule has 0 saturated heterocycles. The average Bonchev–Trinajstić information content (AvgIpc) is 2.38. The van der Waals surface area contributed by atoms with E-state index >= 15 is 0 Å². The molecule has 0 spiro atoms. The maximum Gasteiger partial charge on any atom is 0.00719 e. The number of hydrogen-bond acceptors (Lipinski definition) is 2. The molecular formula is C15H25NS.